The molecule has 4 saturated heterocycles. The molecule has 0 bridgehead atoms. The molecule has 6 amide bonds. The van der Waals surface area contributed by atoms with Crippen molar-refractivity contribution in [2.24, 2.45) is 5.73 Å². The van der Waals surface area contributed by atoms with E-state index in [1.165, 1.54) is 5.56 Å². The number of nitrogens with zero attached hydrogens (tertiary/aromatic N) is 7. The maximum atomic E-state index is 13.6. The van der Waals surface area contributed by atoms with Crippen molar-refractivity contribution in [3.63, 3.8) is 0 Å². The van der Waals surface area contributed by atoms with Crippen molar-refractivity contribution in [3.05, 3.63) is 83.3 Å². The van der Waals surface area contributed by atoms with Crippen LogP contribution < -0.4 is 26.6 Å². The zero-order valence-electron chi connectivity index (χ0n) is 34.3. The van der Waals surface area contributed by atoms with Gasteiger partial charge in [0.25, 0.3) is 17.7 Å². The van der Waals surface area contributed by atoms with Crippen LogP contribution in [-0.2, 0) is 10.2 Å². The number of rotatable bonds is 10. The van der Waals surface area contributed by atoms with Crippen LogP contribution in [0.2, 0.25) is 0 Å². The summed E-state index contributed by atoms with van der Waals surface area (Å²) in [5.41, 5.74) is 9.76. The number of piperidine rings is 3. The minimum absolute atomic E-state index is 0.00326. The Kier molecular flexibility index (Phi) is 10.2. The number of carbonyl (C=O) groups excluding carboxylic acids is 5. The number of amides is 6. The Morgan fingerprint density at radius 1 is 0.950 bits per heavy atom. The van der Waals surface area contributed by atoms with Crippen LogP contribution in [0.25, 0.3) is 0 Å². The number of likely N-dealkylation sites (tertiary alicyclic amines) is 1. The molecule has 3 aromatic rings. The highest BCUT2D eigenvalue weighted by Gasteiger charge is 2.46. The predicted molar refractivity (Wildman–Crippen MR) is 226 cm³/mol. The van der Waals surface area contributed by atoms with Crippen LogP contribution in [0.15, 0.2) is 60.9 Å². The third-order valence-corrected chi connectivity index (χ3v) is 13.7. The van der Waals surface area contributed by atoms with Crippen molar-refractivity contribution in [1.82, 2.24) is 34.9 Å². The van der Waals surface area contributed by atoms with E-state index in [1.54, 1.807) is 23.2 Å². The number of nitrogens with one attached hydrogen (secondary N) is 3. The first-order valence-electron chi connectivity index (χ1n) is 21.2. The zero-order chi connectivity index (χ0) is 41.9. The highest BCUT2D eigenvalue weighted by Crippen LogP contribution is 2.40. The molecule has 1 saturated carbocycles. The normalized spacial score (nSPS) is 25.6. The Hall–Kier alpha value is -6.03. The summed E-state index contributed by atoms with van der Waals surface area (Å²) in [4.78, 5) is 83.5. The van der Waals surface area contributed by atoms with E-state index in [0.29, 0.717) is 66.1 Å². The van der Waals surface area contributed by atoms with E-state index >= 15 is 0 Å². The third-order valence-electron chi connectivity index (χ3n) is 13.7. The molecule has 1 unspecified atom stereocenters. The summed E-state index contributed by atoms with van der Waals surface area (Å²) >= 11 is 0. The number of fused-ring (bicyclic) bond motifs is 1. The number of hydrogen-bond acceptors (Lipinski definition) is 11. The van der Waals surface area contributed by atoms with Crippen LogP contribution in [0.1, 0.15) is 95.1 Å². The second-order valence-electron chi connectivity index (χ2n) is 17.6. The van der Waals surface area contributed by atoms with E-state index in [4.69, 9.17) is 10.7 Å². The van der Waals surface area contributed by atoms with Crippen LogP contribution in [0.4, 0.5) is 27.8 Å². The quantitative estimate of drug-likeness (QED) is 0.216. The van der Waals surface area contributed by atoms with Crippen LogP contribution in [-0.4, -0.2) is 130 Å². The van der Waals surface area contributed by atoms with Crippen molar-refractivity contribution in [2.45, 2.75) is 87.9 Å². The number of primary amides is 1. The fourth-order valence-electron chi connectivity index (χ4n) is 9.93. The van der Waals surface area contributed by atoms with Gasteiger partial charge in [-0.25, -0.2) is 14.8 Å². The largest absolute Gasteiger partial charge is 0.382 e. The van der Waals surface area contributed by atoms with Gasteiger partial charge in [-0.3, -0.25) is 24.1 Å². The van der Waals surface area contributed by atoms with Gasteiger partial charge in [0.2, 0.25) is 5.91 Å². The summed E-state index contributed by atoms with van der Waals surface area (Å²) < 4.78 is 0. The molecule has 6 heterocycles. The molecule has 16 heteroatoms. The molecule has 9 rings (SSSR count). The lowest BCUT2D eigenvalue weighted by Gasteiger charge is -2.48. The van der Waals surface area contributed by atoms with Crippen molar-refractivity contribution < 1.29 is 24.0 Å². The van der Waals surface area contributed by atoms with Gasteiger partial charge in [0.05, 0.1) is 23.4 Å². The topological polar surface area (TPSA) is 189 Å². The molecule has 314 valence electrons. The van der Waals surface area contributed by atoms with Crippen LogP contribution in [0.3, 0.4) is 0 Å². The summed E-state index contributed by atoms with van der Waals surface area (Å²) in [5, 5.41) is 9.56. The van der Waals surface area contributed by atoms with E-state index in [1.807, 2.05) is 30.1 Å². The van der Waals surface area contributed by atoms with Crippen molar-refractivity contribution >= 4 is 52.7 Å². The first-order chi connectivity index (χ1) is 28.9. The fourth-order valence-corrected chi connectivity index (χ4v) is 9.93. The van der Waals surface area contributed by atoms with Gasteiger partial charge >= 0.3 is 6.03 Å². The summed E-state index contributed by atoms with van der Waals surface area (Å²) in [6.07, 6.45) is 8.21. The lowest BCUT2D eigenvalue weighted by atomic mass is 9.73. The number of anilines is 4. The molecule has 1 aromatic heterocycles. The zero-order valence-corrected chi connectivity index (χ0v) is 34.3. The number of imide groups is 1. The van der Waals surface area contributed by atoms with Gasteiger partial charge in [-0.1, -0.05) is 31.7 Å². The predicted octanol–water partition coefficient (Wildman–Crippen LogP) is 4.04. The van der Waals surface area contributed by atoms with Crippen molar-refractivity contribution in [3.8, 4) is 0 Å². The van der Waals surface area contributed by atoms with Crippen molar-refractivity contribution in [2.75, 3.05) is 61.8 Å². The van der Waals surface area contributed by atoms with Gasteiger partial charge in [-0.2, -0.15) is 0 Å². The minimum Gasteiger partial charge on any atom is -0.382 e. The first kappa shape index (κ1) is 39.4. The highest BCUT2D eigenvalue weighted by atomic mass is 16.2. The monoisotopic (exact) mass is 815 g/mol. The van der Waals surface area contributed by atoms with E-state index in [9.17, 15) is 24.0 Å². The SMILES string of the molecule is C=C1CCC(N2C(=O)c3cccc(N[C@H]4C[C@@H](N5CCC(C)(c6ccc(Nc7nc(N8CCC[C@H](N9CCN(C)C9=O)C8)cnc7C(N)=O)cc6)CC5)C4)c3C2=O)C(=O)N1. The Bertz CT molecular complexity index is 2250. The van der Waals surface area contributed by atoms with Crippen LogP contribution in [0, 0.1) is 0 Å². The lowest BCUT2D eigenvalue weighted by molar-refractivity contribution is -0.125. The lowest BCUT2D eigenvalue weighted by Crippen LogP contribution is -2.54. The Morgan fingerprint density at radius 3 is 2.42 bits per heavy atom. The van der Waals surface area contributed by atoms with E-state index in [-0.39, 0.29) is 35.1 Å². The molecule has 16 nitrogen and oxygen atoms in total. The Balaban J connectivity index is 0.791. The van der Waals surface area contributed by atoms with Gasteiger partial charge in [0.15, 0.2) is 11.5 Å². The van der Waals surface area contributed by atoms with Crippen LogP contribution >= 0.6 is 0 Å². The molecular weight excluding hydrogens is 763 g/mol. The van der Waals surface area contributed by atoms with Crippen molar-refractivity contribution in [1.29, 1.82) is 0 Å². The number of carbonyl (C=O) groups is 5. The Labute approximate surface area is 349 Å². The second-order valence-corrected chi connectivity index (χ2v) is 17.6. The molecule has 0 radical (unpaired) electrons. The van der Waals surface area contributed by atoms with E-state index in [2.05, 4.69) is 56.4 Å². The van der Waals surface area contributed by atoms with Gasteiger partial charge in [-0.05, 0) is 99.7 Å². The summed E-state index contributed by atoms with van der Waals surface area (Å²) in [6, 6.07) is 13.5. The van der Waals surface area contributed by atoms with E-state index in [0.717, 1.165) is 75.3 Å². The Morgan fingerprint density at radius 2 is 1.72 bits per heavy atom. The summed E-state index contributed by atoms with van der Waals surface area (Å²) in [5.74, 6) is -0.942. The highest BCUT2D eigenvalue weighted by molar-refractivity contribution is 6.25. The number of likely N-dealkylation sites (N-methyl/N-ethyl adjacent to an activating group) is 1. The van der Waals surface area contributed by atoms with Gasteiger partial charge in [0.1, 0.15) is 11.9 Å². The number of benzene rings is 2. The molecule has 5 aliphatic heterocycles. The molecule has 5 N–H and O–H groups in total. The molecule has 5 fully saturated rings. The fraction of sp³-hybridized carbons (Fsp3) is 0.477. The molecule has 2 atom stereocenters. The molecule has 2 aromatic carbocycles. The number of hydrogen-bond donors (Lipinski definition) is 4. The maximum Gasteiger partial charge on any atom is 0.320 e. The molecule has 1 aliphatic carbocycles. The first-order valence-corrected chi connectivity index (χ1v) is 21.2. The number of aromatic nitrogens is 2. The molecule has 0 spiro atoms. The van der Waals surface area contributed by atoms with Crippen LogP contribution in [0.5, 0.6) is 0 Å². The second kappa shape index (κ2) is 15.5. The average Bonchev–Trinajstić information content (AvgIpc) is 3.70. The maximum absolute atomic E-state index is 13.6. The minimum atomic E-state index is -0.839. The van der Waals surface area contributed by atoms with E-state index < -0.39 is 23.8 Å². The third kappa shape index (κ3) is 7.20. The molecular formula is C44H53N11O5. The average molecular weight is 816 g/mol. The smallest absolute Gasteiger partial charge is 0.320 e. The summed E-state index contributed by atoms with van der Waals surface area (Å²) in [7, 11) is 1.83. The number of nitrogens with two attached hydrogens (primary N) is 1. The number of allylic oxidation sites excluding steroid dienone is 1. The van der Waals surface area contributed by atoms with Gasteiger partial charge in [-0.15, -0.1) is 0 Å². The molecule has 6 aliphatic rings. The summed E-state index contributed by atoms with van der Waals surface area (Å²) in [6.45, 7) is 10.9. The standard InChI is InChI=1S/C44H53N11O5/c1-26-9-14-34(40(57)47-26)55-41(58)32-7-4-8-33(36(32)42(55)59)48-29-22-31(23-29)52-18-15-44(2,16-19-52)27-10-12-28(13-11-27)49-39-37(38(45)56)46-24-35(50-39)53-17-5-6-30(25-53)54-21-20-51(3)43(54)60/h4,7-8,10-13,24,29-31,34,48H,1,5-6,9,14-23,25H2,2-3H3,(H2,45,56)(H,47,57)(H,49,50)/t29-,30-,31+,34?/m0/s1. The van der Waals surface area contributed by atoms with Gasteiger partial charge < -0.3 is 41.3 Å². The number of urea groups is 1. The van der Waals surface area contributed by atoms with Gasteiger partial charge in [0, 0.05) is 62.4 Å². The molecule has 60 heavy (non-hydrogen) atoms.